The zero-order chi connectivity index (χ0) is 15.1. The first-order valence-corrected chi connectivity index (χ1v) is 6.70. The number of thioether (sulfide) groups is 1. The minimum atomic E-state index is -4.67. The van der Waals surface area contributed by atoms with E-state index in [1.165, 1.54) is 0 Å². The van der Waals surface area contributed by atoms with Crippen molar-refractivity contribution in [3.05, 3.63) is 0 Å². The molecule has 0 aromatic rings. The molecule has 0 bridgehead atoms. The van der Waals surface area contributed by atoms with Gasteiger partial charge in [-0.1, -0.05) is 11.8 Å². The third-order valence-corrected chi connectivity index (χ3v) is 4.22. The Labute approximate surface area is 115 Å². The van der Waals surface area contributed by atoms with Crippen LogP contribution in [0.2, 0.25) is 0 Å². The first-order valence-electron chi connectivity index (χ1n) is 5.71. The van der Waals surface area contributed by atoms with Gasteiger partial charge in [0, 0.05) is 18.8 Å². The number of hydrogen-bond acceptors (Lipinski definition) is 4. The highest BCUT2D eigenvalue weighted by atomic mass is 32.2. The van der Waals surface area contributed by atoms with Crippen molar-refractivity contribution in [2.45, 2.75) is 12.2 Å². The number of carbonyl (C=O) groups excluding carboxylic acids is 2. The van der Waals surface area contributed by atoms with Crippen molar-refractivity contribution in [3.63, 3.8) is 0 Å². The topological polar surface area (TPSA) is 86.7 Å². The first kappa shape index (κ1) is 14.9. The summed E-state index contributed by atoms with van der Waals surface area (Å²) in [6, 6.07) is -0.881. The van der Waals surface area contributed by atoms with E-state index in [0.717, 1.165) is 16.7 Å². The smallest absolute Gasteiger partial charge is 0.394 e. The number of hydrogen-bond donors (Lipinski definition) is 2. The molecule has 3 atom stereocenters. The van der Waals surface area contributed by atoms with Crippen molar-refractivity contribution < 1.29 is 32.7 Å². The Morgan fingerprint density at radius 3 is 2.40 bits per heavy atom. The third kappa shape index (κ3) is 2.84. The van der Waals surface area contributed by atoms with Gasteiger partial charge in [-0.3, -0.25) is 14.4 Å². The second kappa shape index (κ2) is 5.15. The molecule has 2 aliphatic rings. The Balaban J connectivity index is 2.10. The summed E-state index contributed by atoms with van der Waals surface area (Å²) in [6.45, 7) is -1.17. The van der Waals surface area contributed by atoms with E-state index in [4.69, 9.17) is 5.11 Å². The summed E-state index contributed by atoms with van der Waals surface area (Å²) >= 11 is 0.870. The molecule has 2 aliphatic heterocycles. The number of rotatable bonds is 2. The molecule has 0 saturated carbocycles. The normalized spacial score (nSPS) is 30.4. The Bertz CT molecular complexity index is 456. The van der Waals surface area contributed by atoms with E-state index in [1.807, 2.05) is 0 Å². The maximum absolute atomic E-state index is 12.8. The lowest BCUT2D eigenvalue weighted by Gasteiger charge is -2.20. The number of nitrogens with zero attached hydrogens (tertiary/aromatic N) is 1. The molecule has 2 saturated heterocycles. The molecule has 2 amide bonds. The molecule has 0 spiro atoms. The van der Waals surface area contributed by atoms with Crippen LogP contribution in [0.1, 0.15) is 0 Å². The molecule has 0 unspecified atom stereocenters. The Hall–Kier alpha value is -1.45. The lowest BCUT2D eigenvalue weighted by atomic mass is 9.96. The minimum absolute atomic E-state index is 0.141. The quantitative estimate of drug-likeness (QED) is 0.777. The molecule has 0 aromatic heterocycles. The van der Waals surface area contributed by atoms with E-state index < -0.39 is 54.3 Å². The second-order valence-electron chi connectivity index (χ2n) is 4.63. The van der Waals surface area contributed by atoms with Crippen molar-refractivity contribution in [2.75, 3.05) is 18.8 Å². The van der Waals surface area contributed by atoms with Crippen molar-refractivity contribution in [3.8, 4) is 0 Å². The number of nitrogens with one attached hydrogen (secondary N) is 1. The highest BCUT2D eigenvalue weighted by molar-refractivity contribution is 8.14. The summed E-state index contributed by atoms with van der Waals surface area (Å²) in [5.74, 6) is -5.84. The van der Waals surface area contributed by atoms with E-state index in [9.17, 15) is 27.6 Å². The lowest BCUT2D eigenvalue weighted by molar-refractivity contribution is -0.188. The number of aliphatic carboxylic acids is 1. The van der Waals surface area contributed by atoms with Gasteiger partial charge in [-0.25, -0.2) is 0 Å². The average Bonchev–Trinajstić information content (AvgIpc) is 2.93. The maximum Gasteiger partial charge on any atom is 0.394 e. The maximum atomic E-state index is 12.8. The Kier molecular flexibility index (Phi) is 3.85. The first-order chi connectivity index (χ1) is 9.20. The van der Waals surface area contributed by atoms with Gasteiger partial charge < -0.3 is 15.3 Å². The van der Waals surface area contributed by atoms with Crippen LogP contribution in [0.4, 0.5) is 18.0 Å². The van der Waals surface area contributed by atoms with Gasteiger partial charge in [-0.15, -0.1) is 0 Å². The summed E-state index contributed by atoms with van der Waals surface area (Å²) in [5, 5.41) is 10.8. The van der Waals surface area contributed by atoms with Crippen molar-refractivity contribution >= 4 is 28.9 Å². The molecular weight excluding hydrogens is 301 g/mol. The van der Waals surface area contributed by atoms with Crippen LogP contribution >= 0.6 is 11.8 Å². The average molecular weight is 312 g/mol. The van der Waals surface area contributed by atoms with E-state index >= 15 is 0 Å². The number of alkyl halides is 3. The minimum Gasteiger partial charge on any atom is -0.481 e. The molecule has 2 fully saturated rings. The summed E-state index contributed by atoms with van der Waals surface area (Å²) in [7, 11) is 0. The van der Waals surface area contributed by atoms with E-state index in [-0.39, 0.29) is 5.75 Å². The number of likely N-dealkylation sites (tertiary alicyclic amines) is 1. The molecule has 112 valence electrons. The van der Waals surface area contributed by atoms with Crippen LogP contribution in [-0.4, -0.2) is 58.2 Å². The molecule has 0 aromatic carbocycles. The highest BCUT2D eigenvalue weighted by Gasteiger charge is 2.54. The summed E-state index contributed by atoms with van der Waals surface area (Å²) in [6.07, 6.45) is -4.67. The molecule has 2 heterocycles. The zero-order valence-corrected chi connectivity index (χ0v) is 10.8. The Morgan fingerprint density at radius 1 is 1.35 bits per heavy atom. The number of carboxylic acid groups (broad SMARTS) is 1. The molecule has 2 N–H and O–H groups in total. The van der Waals surface area contributed by atoms with Crippen molar-refractivity contribution in [2.24, 2.45) is 11.8 Å². The predicted octanol–water partition coefficient (Wildman–Crippen LogP) is 0.533. The van der Waals surface area contributed by atoms with E-state index in [2.05, 4.69) is 5.32 Å². The van der Waals surface area contributed by atoms with Gasteiger partial charge in [0.05, 0.1) is 11.8 Å². The van der Waals surface area contributed by atoms with Crippen LogP contribution < -0.4 is 5.32 Å². The van der Waals surface area contributed by atoms with Crippen molar-refractivity contribution in [1.82, 2.24) is 10.2 Å². The molecule has 6 nitrogen and oxygen atoms in total. The van der Waals surface area contributed by atoms with Crippen LogP contribution in [-0.2, 0) is 9.59 Å². The second-order valence-corrected chi connectivity index (χ2v) is 5.62. The molecule has 10 heteroatoms. The number of carbonyl (C=O) groups is 3. The van der Waals surface area contributed by atoms with Gasteiger partial charge in [0.15, 0.2) is 0 Å². The van der Waals surface area contributed by atoms with Crippen LogP contribution in [0, 0.1) is 11.8 Å². The third-order valence-electron chi connectivity index (χ3n) is 3.34. The standard InChI is InChI=1S/C10H11F3N2O4S/c11-10(12,13)5-2-15(1-4(5)8(17)18)7(16)6-3-20-9(19)14-6/h4-6H,1-3H2,(H,14,19)(H,17,18)/t4-,5-,6+/m1/s1. The fourth-order valence-electron chi connectivity index (χ4n) is 2.30. The largest absolute Gasteiger partial charge is 0.481 e. The number of halogens is 3. The van der Waals surface area contributed by atoms with Gasteiger partial charge >= 0.3 is 12.1 Å². The highest BCUT2D eigenvalue weighted by Crippen LogP contribution is 2.38. The van der Waals surface area contributed by atoms with Gasteiger partial charge in [0.25, 0.3) is 5.24 Å². The van der Waals surface area contributed by atoms with Crippen LogP contribution in [0.15, 0.2) is 0 Å². The molecule has 0 aliphatic carbocycles. The summed E-state index contributed by atoms with van der Waals surface area (Å²) < 4.78 is 38.3. The van der Waals surface area contributed by atoms with Crippen LogP contribution in [0.25, 0.3) is 0 Å². The van der Waals surface area contributed by atoms with Gasteiger partial charge in [0.1, 0.15) is 6.04 Å². The summed E-state index contributed by atoms with van der Waals surface area (Å²) in [4.78, 5) is 34.7. The van der Waals surface area contributed by atoms with Crippen LogP contribution in [0.5, 0.6) is 0 Å². The number of amides is 2. The van der Waals surface area contributed by atoms with Gasteiger partial charge in [-0.05, 0) is 0 Å². The molecular formula is C10H11F3N2O4S. The van der Waals surface area contributed by atoms with Gasteiger partial charge in [0.2, 0.25) is 5.91 Å². The fourth-order valence-corrected chi connectivity index (χ4v) is 3.07. The molecule has 20 heavy (non-hydrogen) atoms. The zero-order valence-electron chi connectivity index (χ0n) is 10.0. The molecule has 0 radical (unpaired) electrons. The van der Waals surface area contributed by atoms with E-state index in [1.54, 1.807) is 0 Å². The lowest BCUT2D eigenvalue weighted by Crippen LogP contribution is -2.45. The Morgan fingerprint density at radius 2 is 2.00 bits per heavy atom. The van der Waals surface area contributed by atoms with Gasteiger partial charge in [-0.2, -0.15) is 13.2 Å². The fraction of sp³-hybridized carbons (Fsp3) is 0.700. The monoisotopic (exact) mass is 312 g/mol. The van der Waals surface area contributed by atoms with Crippen LogP contribution in [0.3, 0.4) is 0 Å². The molecule has 2 rings (SSSR count). The summed E-state index contributed by atoms with van der Waals surface area (Å²) in [5.41, 5.74) is 0. The predicted molar refractivity (Wildman–Crippen MR) is 62.0 cm³/mol. The number of carboxylic acids is 1. The van der Waals surface area contributed by atoms with Crippen molar-refractivity contribution in [1.29, 1.82) is 0 Å². The van der Waals surface area contributed by atoms with E-state index in [0.29, 0.717) is 0 Å². The SMILES string of the molecule is O=C1N[C@H](C(=O)N2C[C@@H](C(F)(F)F)[C@H](C(=O)O)C2)CS1.